The zero-order valence-electron chi connectivity index (χ0n) is 21.2. The van der Waals surface area contributed by atoms with E-state index in [9.17, 15) is 0 Å². The van der Waals surface area contributed by atoms with E-state index in [4.69, 9.17) is 4.74 Å². The van der Waals surface area contributed by atoms with Crippen molar-refractivity contribution in [1.29, 1.82) is 0 Å². The molecule has 0 amide bonds. The van der Waals surface area contributed by atoms with Crippen LogP contribution in [-0.2, 0) is 16.9 Å². The maximum absolute atomic E-state index is 6.31. The first kappa shape index (κ1) is 25.8. The lowest BCUT2D eigenvalue weighted by Crippen LogP contribution is -2.42. The van der Waals surface area contributed by atoms with Crippen molar-refractivity contribution in [3.63, 3.8) is 0 Å². The number of nitrogens with zero attached hydrogens (tertiary/aromatic N) is 1. The van der Waals surface area contributed by atoms with E-state index in [-0.39, 0.29) is 5.60 Å². The lowest BCUT2D eigenvalue weighted by atomic mass is 9.84. The highest BCUT2D eigenvalue weighted by molar-refractivity contribution is 5.35. The molecular formula is C30H51NO. The highest BCUT2D eigenvalue weighted by Crippen LogP contribution is 2.43. The summed E-state index contributed by atoms with van der Waals surface area (Å²) in [6.07, 6.45) is 25.5. The Kier molecular flexibility index (Phi) is 12.2. The van der Waals surface area contributed by atoms with Gasteiger partial charge in [-0.1, -0.05) is 128 Å². The van der Waals surface area contributed by atoms with Crippen molar-refractivity contribution >= 4 is 0 Å². The number of fused-ring (bicyclic) bond motifs is 2. The first-order valence-electron chi connectivity index (χ1n) is 14.3. The molecule has 2 aliphatic heterocycles. The Morgan fingerprint density at radius 1 is 0.688 bits per heavy atom. The minimum absolute atomic E-state index is 0.0295. The summed E-state index contributed by atoms with van der Waals surface area (Å²) in [7, 11) is 0. The van der Waals surface area contributed by atoms with Gasteiger partial charge in [-0.25, -0.2) is 0 Å². The van der Waals surface area contributed by atoms with Crippen LogP contribution < -0.4 is 0 Å². The standard InChI is InChI=1S/C30H51NO/c1-2-3-4-5-6-7-8-9-10-11-12-13-14-15-16-19-24-31-25-22-30(23-26-31)29-21-18-17-20-28(29)27-32-30/h17-18,20-21H,2-16,19,22-27H2,1H3. The van der Waals surface area contributed by atoms with Crippen molar-refractivity contribution in [1.82, 2.24) is 4.90 Å². The predicted molar refractivity (Wildman–Crippen MR) is 138 cm³/mol. The molecule has 0 unspecified atom stereocenters. The molecule has 2 aliphatic rings. The SMILES string of the molecule is CCCCCCCCCCCCCCCCCCN1CCC2(CC1)OCc1ccccc12. The van der Waals surface area contributed by atoms with E-state index in [1.54, 1.807) is 0 Å². The molecule has 1 aromatic rings. The normalized spacial score (nSPS) is 17.8. The number of likely N-dealkylation sites (tertiary alicyclic amines) is 1. The molecule has 0 saturated carbocycles. The molecule has 0 N–H and O–H groups in total. The van der Waals surface area contributed by atoms with Gasteiger partial charge in [0.15, 0.2) is 0 Å². The van der Waals surface area contributed by atoms with Crippen LogP contribution >= 0.6 is 0 Å². The minimum Gasteiger partial charge on any atom is -0.365 e. The molecule has 1 saturated heterocycles. The molecule has 1 aromatic carbocycles. The molecule has 3 rings (SSSR count). The van der Waals surface area contributed by atoms with Gasteiger partial charge >= 0.3 is 0 Å². The molecule has 0 radical (unpaired) electrons. The van der Waals surface area contributed by atoms with Gasteiger partial charge < -0.3 is 9.64 Å². The molecule has 2 nitrogen and oxygen atoms in total. The largest absolute Gasteiger partial charge is 0.365 e. The van der Waals surface area contributed by atoms with Crippen LogP contribution in [0.1, 0.15) is 134 Å². The zero-order chi connectivity index (χ0) is 22.3. The Balaban J connectivity index is 1.09. The average molecular weight is 442 g/mol. The highest BCUT2D eigenvalue weighted by atomic mass is 16.5. The summed E-state index contributed by atoms with van der Waals surface area (Å²) in [5.74, 6) is 0. The number of piperidine rings is 1. The monoisotopic (exact) mass is 441 g/mol. The molecular weight excluding hydrogens is 390 g/mol. The topological polar surface area (TPSA) is 12.5 Å². The summed E-state index contributed by atoms with van der Waals surface area (Å²) in [6.45, 7) is 6.81. The smallest absolute Gasteiger partial charge is 0.0963 e. The van der Waals surface area contributed by atoms with Gasteiger partial charge in [0.1, 0.15) is 0 Å². The van der Waals surface area contributed by atoms with Crippen LogP contribution in [0.3, 0.4) is 0 Å². The van der Waals surface area contributed by atoms with Crippen LogP contribution in [0.5, 0.6) is 0 Å². The lowest BCUT2D eigenvalue weighted by molar-refractivity contribution is -0.0788. The summed E-state index contributed by atoms with van der Waals surface area (Å²) in [5.41, 5.74) is 2.92. The lowest BCUT2D eigenvalue weighted by Gasteiger charge is -2.39. The van der Waals surface area contributed by atoms with Gasteiger partial charge in [-0.15, -0.1) is 0 Å². The maximum Gasteiger partial charge on any atom is 0.0963 e. The fourth-order valence-electron chi connectivity index (χ4n) is 5.82. The van der Waals surface area contributed by atoms with Crippen LogP contribution in [0.4, 0.5) is 0 Å². The fourth-order valence-corrected chi connectivity index (χ4v) is 5.82. The summed E-state index contributed by atoms with van der Waals surface area (Å²) in [5, 5.41) is 0. The Morgan fingerprint density at radius 2 is 1.19 bits per heavy atom. The van der Waals surface area contributed by atoms with Gasteiger partial charge in [-0.3, -0.25) is 0 Å². The summed E-state index contributed by atoms with van der Waals surface area (Å²) >= 11 is 0. The maximum atomic E-state index is 6.31. The third-order valence-electron chi connectivity index (χ3n) is 8.00. The van der Waals surface area contributed by atoms with E-state index < -0.39 is 0 Å². The Bertz CT molecular complexity index is 605. The number of hydrogen-bond acceptors (Lipinski definition) is 2. The van der Waals surface area contributed by atoms with Gasteiger partial charge in [0.25, 0.3) is 0 Å². The van der Waals surface area contributed by atoms with E-state index >= 15 is 0 Å². The third-order valence-corrected chi connectivity index (χ3v) is 8.00. The fraction of sp³-hybridized carbons (Fsp3) is 0.800. The first-order chi connectivity index (χ1) is 15.8. The van der Waals surface area contributed by atoms with Crippen LogP contribution in [0.2, 0.25) is 0 Å². The number of unbranched alkanes of at least 4 members (excludes halogenated alkanes) is 15. The highest BCUT2D eigenvalue weighted by Gasteiger charge is 2.42. The van der Waals surface area contributed by atoms with E-state index in [1.165, 1.54) is 146 Å². The number of benzene rings is 1. The van der Waals surface area contributed by atoms with Crippen molar-refractivity contribution < 1.29 is 4.74 Å². The second-order valence-electron chi connectivity index (χ2n) is 10.6. The van der Waals surface area contributed by atoms with E-state index in [0.29, 0.717) is 0 Å². The summed E-state index contributed by atoms with van der Waals surface area (Å²) < 4.78 is 6.31. The average Bonchev–Trinajstić information content (AvgIpc) is 3.18. The third kappa shape index (κ3) is 8.49. The quantitative estimate of drug-likeness (QED) is 0.224. The second-order valence-corrected chi connectivity index (χ2v) is 10.6. The molecule has 2 heterocycles. The summed E-state index contributed by atoms with van der Waals surface area (Å²) in [4.78, 5) is 2.68. The zero-order valence-corrected chi connectivity index (χ0v) is 21.2. The van der Waals surface area contributed by atoms with Crippen LogP contribution in [0, 0.1) is 0 Å². The second kappa shape index (κ2) is 15.1. The van der Waals surface area contributed by atoms with Crippen molar-refractivity contribution in [2.24, 2.45) is 0 Å². The Morgan fingerprint density at radius 3 is 1.75 bits per heavy atom. The number of rotatable bonds is 17. The molecule has 1 fully saturated rings. The summed E-state index contributed by atoms with van der Waals surface area (Å²) in [6, 6.07) is 8.87. The molecule has 0 aliphatic carbocycles. The van der Waals surface area contributed by atoms with Crippen molar-refractivity contribution in [2.45, 2.75) is 135 Å². The first-order valence-corrected chi connectivity index (χ1v) is 14.3. The number of ether oxygens (including phenoxy) is 1. The number of hydrogen-bond donors (Lipinski definition) is 0. The van der Waals surface area contributed by atoms with E-state index in [1.807, 2.05) is 0 Å². The molecule has 182 valence electrons. The van der Waals surface area contributed by atoms with E-state index in [0.717, 1.165) is 6.61 Å². The van der Waals surface area contributed by atoms with Gasteiger partial charge in [-0.2, -0.15) is 0 Å². The van der Waals surface area contributed by atoms with Gasteiger partial charge in [0.05, 0.1) is 12.2 Å². The van der Waals surface area contributed by atoms with Gasteiger partial charge in [0.2, 0.25) is 0 Å². The van der Waals surface area contributed by atoms with E-state index in [2.05, 4.69) is 36.1 Å². The van der Waals surface area contributed by atoms with Crippen LogP contribution in [0.25, 0.3) is 0 Å². The van der Waals surface area contributed by atoms with Crippen molar-refractivity contribution in [2.75, 3.05) is 19.6 Å². The molecule has 32 heavy (non-hydrogen) atoms. The van der Waals surface area contributed by atoms with Crippen molar-refractivity contribution in [3.05, 3.63) is 35.4 Å². The predicted octanol–water partition coefficient (Wildman–Crippen LogP) is 8.77. The molecule has 2 heteroatoms. The Hall–Kier alpha value is -0.860. The molecule has 0 bridgehead atoms. The molecule has 1 spiro atoms. The van der Waals surface area contributed by atoms with Gasteiger partial charge in [-0.05, 0) is 36.9 Å². The minimum atomic E-state index is 0.0295. The Labute approximate surface area is 199 Å². The van der Waals surface area contributed by atoms with Gasteiger partial charge in [0, 0.05) is 13.1 Å². The molecule has 0 atom stereocenters. The molecule has 0 aromatic heterocycles. The van der Waals surface area contributed by atoms with Crippen LogP contribution in [-0.4, -0.2) is 24.5 Å². The van der Waals surface area contributed by atoms with Crippen molar-refractivity contribution in [3.8, 4) is 0 Å². The van der Waals surface area contributed by atoms with Crippen LogP contribution in [0.15, 0.2) is 24.3 Å².